The Labute approximate surface area is 134 Å². The maximum absolute atomic E-state index is 11.9. The first kappa shape index (κ1) is 16.8. The van der Waals surface area contributed by atoms with Gasteiger partial charge in [-0.15, -0.1) is 16.4 Å². The van der Waals surface area contributed by atoms with Crippen LogP contribution in [0.3, 0.4) is 0 Å². The summed E-state index contributed by atoms with van der Waals surface area (Å²) in [6.45, 7) is 8.31. The van der Waals surface area contributed by atoms with Gasteiger partial charge in [-0.05, 0) is 32.9 Å². The highest BCUT2D eigenvalue weighted by Crippen LogP contribution is 2.27. The number of thiophene rings is 1. The molecule has 22 heavy (non-hydrogen) atoms. The minimum atomic E-state index is -0.500. The van der Waals surface area contributed by atoms with Crippen LogP contribution in [0, 0.1) is 5.41 Å². The van der Waals surface area contributed by atoms with Gasteiger partial charge in [-0.2, -0.15) is 0 Å². The first-order valence-electron chi connectivity index (χ1n) is 7.21. The van der Waals surface area contributed by atoms with Crippen molar-refractivity contribution in [3.63, 3.8) is 0 Å². The lowest BCUT2D eigenvalue weighted by molar-refractivity contribution is -0.201. The minimum Gasteiger partial charge on any atom is -0.465 e. The van der Waals surface area contributed by atoms with Crippen molar-refractivity contribution in [2.24, 2.45) is 5.41 Å². The number of methoxy groups -OCH3 is 1. The molecule has 0 spiro atoms. The lowest BCUT2D eigenvalue weighted by atomic mass is 9.98. The second-order valence-electron chi connectivity index (χ2n) is 6.17. The molecule has 0 radical (unpaired) electrons. The van der Waals surface area contributed by atoms with Crippen LogP contribution in [0.25, 0.3) is 0 Å². The van der Waals surface area contributed by atoms with Gasteiger partial charge in [-0.3, -0.25) is 0 Å². The zero-order valence-electron chi connectivity index (χ0n) is 13.4. The third-order valence-corrected chi connectivity index (χ3v) is 4.48. The van der Waals surface area contributed by atoms with Gasteiger partial charge in [-0.25, -0.2) is 9.59 Å². The first-order chi connectivity index (χ1) is 10.3. The van der Waals surface area contributed by atoms with Gasteiger partial charge in [0.15, 0.2) is 0 Å². The van der Waals surface area contributed by atoms with E-state index in [-0.39, 0.29) is 11.9 Å². The fourth-order valence-electron chi connectivity index (χ4n) is 1.96. The molecule has 1 aromatic rings. The molecule has 2 heterocycles. The summed E-state index contributed by atoms with van der Waals surface area (Å²) in [4.78, 5) is 31.5. The maximum atomic E-state index is 11.9. The Balaban J connectivity index is 1.88. The van der Waals surface area contributed by atoms with Gasteiger partial charge >= 0.3 is 11.9 Å². The van der Waals surface area contributed by atoms with Crippen molar-refractivity contribution in [1.82, 2.24) is 5.06 Å². The molecule has 2 rings (SSSR count). The average Bonchev–Trinajstić information content (AvgIpc) is 2.96. The molecule has 7 heteroatoms. The molecular formula is C15H22N2O4S. The molecule has 122 valence electrons. The molecule has 0 aliphatic carbocycles. The van der Waals surface area contributed by atoms with E-state index >= 15 is 0 Å². The summed E-state index contributed by atoms with van der Waals surface area (Å²) in [5, 5.41) is 2.74. The molecule has 1 aromatic heterocycles. The van der Waals surface area contributed by atoms with E-state index in [1.807, 2.05) is 26.8 Å². The van der Waals surface area contributed by atoms with Crippen molar-refractivity contribution in [2.75, 3.05) is 38.2 Å². The second-order valence-corrected chi connectivity index (χ2v) is 7.24. The maximum Gasteiger partial charge on any atom is 0.348 e. The Hall–Kier alpha value is -1.60. The van der Waals surface area contributed by atoms with Crippen molar-refractivity contribution in [1.29, 1.82) is 0 Å². The molecule has 0 amide bonds. The zero-order chi connectivity index (χ0) is 16.3. The van der Waals surface area contributed by atoms with Crippen molar-refractivity contribution in [2.45, 2.75) is 20.8 Å². The number of hydrogen-bond donors (Lipinski definition) is 0. The van der Waals surface area contributed by atoms with Crippen LogP contribution in [0.15, 0.2) is 12.1 Å². The van der Waals surface area contributed by atoms with Crippen molar-refractivity contribution >= 4 is 28.3 Å². The Morgan fingerprint density at radius 2 is 1.77 bits per heavy atom. The van der Waals surface area contributed by atoms with Gasteiger partial charge in [0.25, 0.3) is 0 Å². The molecule has 1 aliphatic rings. The van der Waals surface area contributed by atoms with E-state index in [1.54, 1.807) is 11.1 Å². The number of piperazine rings is 1. The van der Waals surface area contributed by atoms with E-state index in [0.717, 1.165) is 18.1 Å². The highest BCUT2D eigenvalue weighted by Gasteiger charge is 2.28. The molecule has 0 bridgehead atoms. The number of hydroxylamine groups is 2. The summed E-state index contributed by atoms with van der Waals surface area (Å²) in [7, 11) is 1.38. The summed E-state index contributed by atoms with van der Waals surface area (Å²) < 4.78 is 4.72. The third-order valence-electron chi connectivity index (χ3n) is 3.35. The average molecular weight is 326 g/mol. The van der Waals surface area contributed by atoms with Crippen LogP contribution in [0.1, 0.15) is 30.4 Å². The fraction of sp³-hybridized carbons (Fsp3) is 0.600. The molecule has 1 aliphatic heterocycles. The van der Waals surface area contributed by atoms with Crippen LogP contribution in [-0.4, -0.2) is 50.3 Å². The van der Waals surface area contributed by atoms with Crippen LogP contribution >= 0.6 is 11.3 Å². The Kier molecular flexibility index (Phi) is 5.08. The normalized spacial score (nSPS) is 16.5. The van der Waals surface area contributed by atoms with Gasteiger partial charge in [0.05, 0.1) is 30.6 Å². The van der Waals surface area contributed by atoms with Gasteiger partial charge in [0.2, 0.25) is 0 Å². The molecular weight excluding hydrogens is 304 g/mol. The SMILES string of the molecule is COC(=O)c1ccc(N2CCN(OC(=O)C(C)(C)C)CC2)s1. The Morgan fingerprint density at radius 1 is 1.14 bits per heavy atom. The highest BCUT2D eigenvalue weighted by molar-refractivity contribution is 7.17. The minimum absolute atomic E-state index is 0.218. The quantitative estimate of drug-likeness (QED) is 0.793. The number of rotatable bonds is 3. The number of nitrogens with zero attached hydrogens (tertiary/aromatic N) is 2. The van der Waals surface area contributed by atoms with E-state index in [2.05, 4.69) is 4.90 Å². The molecule has 1 fully saturated rings. The molecule has 1 saturated heterocycles. The van der Waals surface area contributed by atoms with Crippen LogP contribution in [0.2, 0.25) is 0 Å². The standard InChI is InChI=1S/C15H22N2O4S/c1-15(2,3)14(19)21-17-9-7-16(8-10-17)12-6-5-11(22-12)13(18)20-4/h5-6H,7-10H2,1-4H3. The smallest absolute Gasteiger partial charge is 0.348 e. The van der Waals surface area contributed by atoms with Gasteiger partial charge < -0.3 is 14.5 Å². The van der Waals surface area contributed by atoms with E-state index in [1.165, 1.54) is 18.4 Å². The summed E-state index contributed by atoms with van der Waals surface area (Å²) in [5.41, 5.74) is -0.500. The summed E-state index contributed by atoms with van der Waals surface area (Å²) in [6.07, 6.45) is 0. The molecule has 0 atom stereocenters. The third kappa shape index (κ3) is 3.98. The van der Waals surface area contributed by atoms with E-state index in [9.17, 15) is 9.59 Å². The summed E-state index contributed by atoms with van der Waals surface area (Å²) >= 11 is 1.42. The highest BCUT2D eigenvalue weighted by atomic mass is 32.1. The first-order valence-corrected chi connectivity index (χ1v) is 8.03. The predicted octanol–water partition coefficient (Wildman–Crippen LogP) is 2.16. The monoisotopic (exact) mass is 326 g/mol. The number of hydrogen-bond acceptors (Lipinski definition) is 7. The molecule has 0 unspecified atom stereocenters. The molecule has 6 nitrogen and oxygen atoms in total. The second kappa shape index (κ2) is 6.66. The lowest BCUT2D eigenvalue weighted by Crippen LogP contribution is -2.47. The topological polar surface area (TPSA) is 59.1 Å². The number of carbonyl (C=O) groups is 2. The van der Waals surface area contributed by atoms with Crippen LogP contribution in [0.5, 0.6) is 0 Å². The zero-order valence-corrected chi connectivity index (χ0v) is 14.2. The largest absolute Gasteiger partial charge is 0.465 e. The molecule has 0 saturated carbocycles. The van der Waals surface area contributed by atoms with Gasteiger partial charge in [0.1, 0.15) is 4.88 Å². The number of anilines is 1. The Morgan fingerprint density at radius 3 is 2.32 bits per heavy atom. The molecule has 0 N–H and O–H groups in total. The lowest BCUT2D eigenvalue weighted by Gasteiger charge is -2.34. The van der Waals surface area contributed by atoms with E-state index in [0.29, 0.717) is 18.0 Å². The van der Waals surface area contributed by atoms with Gasteiger partial charge in [-0.1, -0.05) is 0 Å². The van der Waals surface area contributed by atoms with Gasteiger partial charge in [0, 0.05) is 13.1 Å². The Bertz CT molecular complexity index is 542. The summed E-state index contributed by atoms with van der Waals surface area (Å²) in [5.74, 6) is -0.529. The van der Waals surface area contributed by atoms with Crippen LogP contribution < -0.4 is 4.90 Å². The van der Waals surface area contributed by atoms with Crippen molar-refractivity contribution in [3.05, 3.63) is 17.0 Å². The van der Waals surface area contributed by atoms with Crippen molar-refractivity contribution < 1.29 is 19.2 Å². The van der Waals surface area contributed by atoms with E-state index < -0.39 is 5.41 Å². The number of esters is 1. The number of ether oxygens (including phenoxy) is 1. The van der Waals surface area contributed by atoms with Crippen LogP contribution in [0.4, 0.5) is 5.00 Å². The number of carbonyl (C=O) groups excluding carboxylic acids is 2. The summed E-state index contributed by atoms with van der Waals surface area (Å²) in [6, 6.07) is 3.70. The van der Waals surface area contributed by atoms with Crippen LogP contribution in [-0.2, 0) is 14.4 Å². The predicted molar refractivity (Wildman–Crippen MR) is 85.0 cm³/mol. The molecule has 0 aromatic carbocycles. The van der Waals surface area contributed by atoms with Crippen molar-refractivity contribution in [3.8, 4) is 0 Å². The van der Waals surface area contributed by atoms with E-state index in [4.69, 9.17) is 9.57 Å². The fourth-order valence-corrected chi connectivity index (χ4v) is 2.94.